The first-order valence-corrected chi connectivity index (χ1v) is 11.4. The van der Waals surface area contributed by atoms with Crippen LogP contribution < -0.4 is 0 Å². The lowest BCUT2D eigenvalue weighted by Gasteiger charge is -2.45. The van der Waals surface area contributed by atoms with Crippen LogP contribution in [0.2, 0.25) is 0 Å². The van der Waals surface area contributed by atoms with E-state index < -0.39 is 11.2 Å². The van der Waals surface area contributed by atoms with Crippen molar-refractivity contribution in [2.45, 2.75) is 50.9 Å². The Kier molecular flexibility index (Phi) is 5.86. The number of carbonyl (C=O) groups is 1. The number of cyclic esters (lactones) is 1. The summed E-state index contributed by atoms with van der Waals surface area (Å²) >= 11 is 1.60. The molecule has 0 spiro atoms. The number of rotatable bonds is 6. The Labute approximate surface area is 187 Å². The summed E-state index contributed by atoms with van der Waals surface area (Å²) < 4.78 is 6.09. The Morgan fingerprint density at radius 1 is 1.19 bits per heavy atom. The average molecular weight is 437 g/mol. The number of ether oxygens (including phenoxy) is 1. The standard InChI is InChI=1S/C25H28N2O3S/c1-18(19-9-11-20(12-10-19)22-26-14-16-31-22)27-15-13-25(30-23(27)28,17-24(2,3)29)21-7-5-4-6-8-21/h4-12,14,16,18,29H,13,15,17H2,1-3H3/t18-,25-/m0/s1. The van der Waals surface area contributed by atoms with Gasteiger partial charge in [0.2, 0.25) is 0 Å². The van der Waals surface area contributed by atoms with Gasteiger partial charge in [0.15, 0.2) is 0 Å². The topological polar surface area (TPSA) is 62.7 Å². The van der Waals surface area contributed by atoms with Gasteiger partial charge < -0.3 is 14.7 Å². The summed E-state index contributed by atoms with van der Waals surface area (Å²) in [6, 6.07) is 17.8. The van der Waals surface area contributed by atoms with Gasteiger partial charge in [-0.05, 0) is 31.9 Å². The Morgan fingerprint density at radius 3 is 2.48 bits per heavy atom. The molecule has 3 aromatic rings. The van der Waals surface area contributed by atoms with E-state index in [-0.39, 0.29) is 12.1 Å². The van der Waals surface area contributed by atoms with Gasteiger partial charge in [-0.15, -0.1) is 11.3 Å². The zero-order chi connectivity index (χ0) is 22.1. The largest absolute Gasteiger partial charge is 0.438 e. The Bertz CT molecular complexity index is 1010. The first-order chi connectivity index (χ1) is 14.8. The predicted octanol–water partition coefficient (Wildman–Crippen LogP) is 5.77. The molecule has 1 fully saturated rings. The van der Waals surface area contributed by atoms with Crippen molar-refractivity contribution in [3.8, 4) is 10.6 Å². The van der Waals surface area contributed by atoms with Gasteiger partial charge in [-0.1, -0.05) is 54.6 Å². The number of hydrogen-bond acceptors (Lipinski definition) is 5. The lowest BCUT2D eigenvalue weighted by Crippen LogP contribution is -2.51. The monoisotopic (exact) mass is 436 g/mol. The van der Waals surface area contributed by atoms with Crippen LogP contribution in [0, 0.1) is 0 Å². The van der Waals surface area contributed by atoms with Crippen LogP contribution in [0.15, 0.2) is 66.2 Å². The van der Waals surface area contributed by atoms with E-state index in [9.17, 15) is 9.90 Å². The summed E-state index contributed by atoms with van der Waals surface area (Å²) in [5, 5.41) is 13.5. The second-order valence-electron chi connectivity index (χ2n) is 8.80. The van der Waals surface area contributed by atoms with Crippen molar-refractivity contribution in [3.63, 3.8) is 0 Å². The first-order valence-electron chi connectivity index (χ1n) is 10.5. The second kappa shape index (κ2) is 8.44. The summed E-state index contributed by atoms with van der Waals surface area (Å²) in [6.45, 7) is 6.08. The summed E-state index contributed by atoms with van der Waals surface area (Å²) in [7, 11) is 0. The van der Waals surface area contributed by atoms with Crippen molar-refractivity contribution in [2.75, 3.05) is 6.54 Å². The summed E-state index contributed by atoms with van der Waals surface area (Å²) in [6.07, 6.45) is 2.41. The lowest BCUT2D eigenvalue weighted by atomic mass is 9.80. The molecule has 0 unspecified atom stereocenters. The molecule has 1 amide bonds. The van der Waals surface area contributed by atoms with Gasteiger partial charge in [-0.25, -0.2) is 9.78 Å². The van der Waals surface area contributed by atoms with Gasteiger partial charge in [-0.3, -0.25) is 0 Å². The molecule has 2 heterocycles. The molecule has 1 aliphatic heterocycles. The van der Waals surface area contributed by atoms with Crippen LogP contribution in [0.4, 0.5) is 4.79 Å². The molecule has 1 N–H and O–H groups in total. The highest BCUT2D eigenvalue weighted by Gasteiger charge is 2.46. The Balaban J connectivity index is 1.54. The first kappa shape index (κ1) is 21.5. The maximum atomic E-state index is 13.2. The molecule has 2 atom stereocenters. The van der Waals surface area contributed by atoms with E-state index in [2.05, 4.69) is 4.98 Å². The number of carbonyl (C=O) groups excluding carboxylic acids is 1. The molecular weight excluding hydrogens is 408 g/mol. The summed E-state index contributed by atoms with van der Waals surface area (Å²) in [4.78, 5) is 19.3. The van der Waals surface area contributed by atoms with Crippen molar-refractivity contribution < 1.29 is 14.6 Å². The predicted molar refractivity (Wildman–Crippen MR) is 123 cm³/mol. The van der Waals surface area contributed by atoms with Crippen LogP contribution in [0.5, 0.6) is 0 Å². The molecule has 2 aromatic carbocycles. The van der Waals surface area contributed by atoms with E-state index in [0.29, 0.717) is 19.4 Å². The van der Waals surface area contributed by atoms with Crippen molar-refractivity contribution in [1.29, 1.82) is 0 Å². The minimum Gasteiger partial charge on any atom is -0.438 e. The summed E-state index contributed by atoms with van der Waals surface area (Å²) in [5.74, 6) is 0. The number of thiazole rings is 1. The molecule has 1 aliphatic rings. The fraction of sp³-hybridized carbons (Fsp3) is 0.360. The fourth-order valence-electron chi connectivity index (χ4n) is 4.34. The fourth-order valence-corrected chi connectivity index (χ4v) is 4.99. The zero-order valence-corrected chi connectivity index (χ0v) is 18.9. The summed E-state index contributed by atoms with van der Waals surface area (Å²) in [5.41, 5.74) is 1.25. The number of benzene rings is 2. The minimum absolute atomic E-state index is 0.117. The molecule has 6 heteroatoms. The van der Waals surface area contributed by atoms with Gasteiger partial charge >= 0.3 is 6.09 Å². The molecule has 162 valence electrons. The van der Waals surface area contributed by atoms with Gasteiger partial charge in [0.25, 0.3) is 0 Å². The highest BCUT2D eigenvalue weighted by atomic mass is 32.1. The van der Waals surface area contributed by atoms with Gasteiger partial charge in [0, 0.05) is 36.5 Å². The van der Waals surface area contributed by atoms with Gasteiger partial charge in [0.05, 0.1) is 11.6 Å². The number of amides is 1. The van der Waals surface area contributed by atoms with Crippen LogP contribution in [0.25, 0.3) is 10.6 Å². The third-order valence-electron chi connectivity index (χ3n) is 5.83. The van der Waals surface area contributed by atoms with E-state index in [1.807, 2.05) is 66.9 Å². The van der Waals surface area contributed by atoms with E-state index in [0.717, 1.165) is 21.7 Å². The maximum absolute atomic E-state index is 13.2. The van der Waals surface area contributed by atoms with Crippen molar-refractivity contribution in [1.82, 2.24) is 9.88 Å². The molecule has 0 bridgehead atoms. The quantitative estimate of drug-likeness (QED) is 0.533. The van der Waals surface area contributed by atoms with Crippen LogP contribution in [-0.2, 0) is 10.3 Å². The third-order valence-corrected chi connectivity index (χ3v) is 6.65. The van der Waals surface area contributed by atoms with E-state index in [4.69, 9.17) is 4.74 Å². The molecule has 4 rings (SSSR count). The molecular formula is C25H28N2O3S. The SMILES string of the molecule is C[C@@H](c1ccc(-c2nccs2)cc1)N1CC[C@](CC(C)(C)O)(c2ccccc2)OC1=O. The number of nitrogens with zero attached hydrogens (tertiary/aromatic N) is 2. The smallest absolute Gasteiger partial charge is 0.411 e. The van der Waals surface area contributed by atoms with E-state index >= 15 is 0 Å². The molecule has 0 radical (unpaired) electrons. The van der Waals surface area contributed by atoms with Gasteiger partial charge in [-0.2, -0.15) is 0 Å². The maximum Gasteiger partial charge on any atom is 0.411 e. The molecule has 5 nitrogen and oxygen atoms in total. The second-order valence-corrected chi connectivity index (χ2v) is 9.69. The molecule has 1 saturated heterocycles. The van der Waals surface area contributed by atoms with Crippen molar-refractivity contribution in [3.05, 3.63) is 77.3 Å². The number of aromatic nitrogens is 1. The van der Waals surface area contributed by atoms with Crippen LogP contribution in [-0.4, -0.2) is 33.2 Å². The van der Waals surface area contributed by atoms with Crippen molar-refractivity contribution >= 4 is 17.4 Å². The number of hydrogen-bond donors (Lipinski definition) is 1. The highest BCUT2D eigenvalue weighted by Crippen LogP contribution is 2.42. The molecule has 0 saturated carbocycles. The zero-order valence-electron chi connectivity index (χ0n) is 18.1. The lowest BCUT2D eigenvalue weighted by molar-refractivity contribution is -0.101. The van der Waals surface area contributed by atoms with Crippen LogP contribution >= 0.6 is 11.3 Å². The minimum atomic E-state index is -0.963. The molecule has 31 heavy (non-hydrogen) atoms. The van der Waals surface area contributed by atoms with E-state index in [1.165, 1.54) is 0 Å². The highest BCUT2D eigenvalue weighted by molar-refractivity contribution is 7.13. The normalized spacial score (nSPS) is 20.4. The van der Waals surface area contributed by atoms with Crippen molar-refractivity contribution in [2.24, 2.45) is 0 Å². The van der Waals surface area contributed by atoms with Crippen LogP contribution in [0.3, 0.4) is 0 Å². The Morgan fingerprint density at radius 2 is 1.90 bits per heavy atom. The third kappa shape index (κ3) is 4.65. The number of aliphatic hydroxyl groups is 1. The molecule has 0 aliphatic carbocycles. The Hall–Kier alpha value is -2.70. The van der Waals surface area contributed by atoms with E-state index in [1.54, 1.807) is 36.3 Å². The molecule has 1 aromatic heterocycles. The van der Waals surface area contributed by atoms with Crippen LogP contribution in [0.1, 0.15) is 50.8 Å². The van der Waals surface area contributed by atoms with Gasteiger partial charge in [0.1, 0.15) is 10.6 Å². The average Bonchev–Trinajstić information content (AvgIpc) is 3.28.